The lowest BCUT2D eigenvalue weighted by Gasteiger charge is -2.18. The first-order valence-corrected chi connectivity index (χ1v) is 7.05. The summed E-state index contributed by atoms with van der Waals surface area (Å²) in [5.74, 6) is 0.774. The molecule has 5 nitrogen and oxygen atoms in total. The topological polar surface area (TPSA) is 50.2 Å². The molecule has 1 heterocycles. The fourth-order valence-corrected chi connectivity index (χ4v) is 1.91. The zero-order chi connectivity index (χ0) is 14.3. The number of imidazole rings is 1. The summed E-state index contributed by atoms with van der Waals surface area (Å²) in [6, 6.07) is 0. The zero-order valence-corrected chi connectivity index (χ0v) is 12.5. The van der Waals surface area contributed by atoms with Crippen LogP contribution in [0.1, 0.15) is 33.4 Å². The largest absolute Gasteiger partial charge is 0.342 e. The van der Waals surface area contributed by atoms with Gasteiger partial charge in [-0.3, -0.25) is 4.79 Å². The quantitative estimate of drug-likeness (QED) is 0.775. The highest BCUT2D eigenvalue weighted by Crippen LogP contribution is 1.99. The van der Waals surface area contributed by atoms with E-state index >= 15 is 0 Å². The number of amides is 1. The maximum absolute atomic E-state index is 11.9. The van der Waals surface area contributed by atoms with Gasteiger partial charge in [0.05, 0.1) is 12.0 Å². The minimum Gasteiger partial charge on any atom is -0.342 e. The van der Waals surface area contributed by atoms with Crippen LogP contribution >= 0.6 is 0 Å². The van der Waals surface area contributed by atoms with Crippen LogP contribution in [-0.4, -0.2) is 40.0 Å². The lowest BCUT2D eigenvalue weighted by Crippen LogP contribution is -2.33. The van der Waals surface area contributed by atoms with Crippen LogP contribution in [0.5, 0.6) is 0 Å². The van der Waals surface area contributed by atoms with Crippen LogP contribution in [0.3, 0.4) is 0 Å². The summed E-state index contributed by atoms with van der Waals surface area (Å²) in [6.45, 7) is 12.0. The van der Waals surface area contributed by atoms with E-state index < -0.39 is 0 Å². The van der Waals surface area contributed by atoms with Gasteiger partial charge in [0.2, 0.25) is 5.91 Å². The summed E-state index contributed by atoms with van der Waals surface area (Å²) in [5.41, 5.74) is 0.980. The molecule has 0 fully saturated rings. The van der Waals surface area contributed by atoms with Gasteiger partial charge in [-0.05, 0) is 26.3 Å². The van der Waals surface area contributed by atoms with Gasteiger partial charge in [-0.25, -0.2) is 4.98 Å². The molecular formula is C14H26N4O. The Bertz CT molecular complexity index is 383. The molecule has 1 N–H and O–H groups in total. The number of likely N-dealkylation sites (N-methyl/N-ethyl adjacent to an activating group) is 1. The molecule has 5 heteroatoms. The highest BCUT2D eigenvalue weighted by atomic mass is 16.2. The van der Waals surface area contributed by atoms with Gasteiger partial charge in [-0.1, -0.05) is 13.8 Å². The number of hydrogen-bond acceptors (Lipinski definition) is 3. The average molecular weight is 266 g/mol. The van der Waals surface area contributed by atoms with Crippen molar-refractivity contribution in [2.75, 3.05) is 19.6 Å². The summed E-state index contributed by atoms with van der Waals surface area (Å²) in [7, 11) is 0. The van der Waals surface area contributed by atoms with Gasteiger partial charge in [-0.15, -0.1) is 0 Å². The molecule has 1 aromatic rings. The van der Waals surface area contributed by atoms with Crippen molar-refractivity contribution < 1.29 is 4.79 Å². The first kappa shape index (κ1) is 15.7. The summed E-state index contributed by atoms with van der Waals surface area (Å²) in [4.78, 5) is 18.1. The first-order valence-electron chi connectivity index (χ1n) is 7.05. The Morgan fingerprint density at radius 1 is 1.42 bits per heavy atom. The highest BCUT2D eigenvalue weighted by Gasteiger charge is 2.10. The van der Waals surface area contributed by atoms with Gasteiger partial charge in [0.15, 0.2) is 0 Å². The van der Waals surface area contributed by atoms with Crippen molar-refractivity contribution >= 4 is 5.91 Å². The van der Waals surface area contributed by atoms with Crippen molar-refractivity contribution in [2.45, 2.75) is 40.8 Å². The van der Waals surface area contributed by atoms with Gasteiger partial charge in [0.1, 0.15) is 6.54 Å². The SMILES string of the molecule is CCN(CC)C(=O)Cn1cnc(CNCC(C)C)c1. The predicted molar refractivity (Wildman–Crippen MR) is 76.7 cm³/mol. The molecule has 0 aliphatic heterocycles. The van der Waals surface area contributed by atoms with Crippen LogP contribution < -0.4 is 5.32 Å². The average Bonchev–Trinajstić information content (AvgIpc) is 2.78. The monoisotopic (exact) mass is 266 g/mol. The van der Waals surface area contributed by atoms with E-state index in [1.807, 2.05) is 29.5 Å². The fourth-order valence-electron chi connectivity index (χ4n) is 1.91. The lowest BCUT2D eigenvalue weighted by atomic mass is 10.2. The van der Waals surface area contributed by atoms with Gasteiger partial charge >= 0.3 is 0 Å². The Morgan fingerprint density at radius 2 is 2.11 bits per heavy atom. The van der Waals surface area contributed by atoms with E-state index in [2.05, 4.69) is 24.1 Å². The number of aromatic nitrogens is 2. The van der Waals surface area contributed by atoms with E-state index in [0.29, 0.717) is 12.5 Å². The Balaban J connectivity index is 2.44. The molecule has 0 unspecified atom stereocenters. The van der Waals surface area contributed by atoms with Crippen molar-refractivity contribution in [1.29, 1.82) is 0 Å². The fraction of sp³-hybridized carbons (Fsp3) is 0.714. The zero-order valence-electron chi connectivity index (χ0n) is 12.5. The van der Waals surface area contributed by atoms with E-state index in [-0.39, 0.29) is 5.91 Å². The molecule has 0 radical (unpaired) electrons. The van der Waals surface area contributed by atoms with Crippen LogP contribution in [0.2, 0.25) is 0 Å². The van der Waals surface area contributed by atoms with E-state index in [1.54, 1.807) is 6.33 Å². The van der Waals surface area contributed by atoms with Crippen LogP contribution in [-0.2, 0) is 17.9 Å². The van der Waals surface area contributed by atoms with Gasteiger partial charge in [0, 0.05) is 25.8 Å². The minimum atomic E-state index is 0.143. The Labute approximate surface area is 116 Å². The van der Waals surface area contributed by atoms with E-state index in [1.165, 1.54) is 0 Å². The number of carbonyl (C=O) groups is 1. The second-order valence-corrected chi connectivity index (χ2v) is 5.13. The maximum Gasteiger partial charge on any atom is 0.242 e. The van der Waals surface area contributed by atoms with Crippen LogP contribution in [0.4, 0.5) is 0 Å². The standard InChI is InChI=1S/C14H26N4O/c1-5-18(6-2)14(19)10-17-9-13(16-11-17)8-15-7-12(3)4/h9,11-12,15H,5-8,10H2,1-4H3. The summed E-state index contributed by atoms with van der Waals surface area (Å²) in [5, 5.41) is 3.34. The molecule has 108 valence electrons. The molecule has 0 saturated carbocycles. The Hall–Kier alpha value is -1.36. The van der Waals surface area contributed by atoms with Crippen LogP contribution in [0.25, 0.3) is 0 Å². The lowest BCUT2D eigenvalue weighted by molar-refractivity contribution is -0.131. The van der Waals surface area contributed by atoms with Crippen LogP contribution in [0, 0.1) is 5.92 Å². The third kappa shape index (κ3) is 5.42. The molecule has 0 spiro atoms. The number of hydrogen-bond donors (Lipinski definition) is 1. The molecule has 1 rings (SSSR count). The molecule has 1 aromatic heterocycles. The number of nitrogens with one attached hydrogen (secondary N) is 1. The smallest absolute Gasteiger partial charge is 0.242 e. The van der Waals surface area contributed by atoms with Crippen molar-refractivity contribution in [3.63, 3.8) is 0 Å². The molecule has 0 aliphatic carbocycles. The molecule has 19 heavy (non-hydrogen) atoms. The Kier molecular flexibility index (Phi) is 6.56. The minimum absolute atomic E-state index is 0.143. The number of carbonyl (C=O) groups excluding carboxylic acids is 1. The predicted octanol–water partition coefficient (Wildman–Crippen LogP) is 1.50. The molecular weight excluding hydrogens is 240 g/mol. The summed E-state index contributed by atoms with van der Waals surface area (Å²) < 4.78 is 1.85. The molecule has 0 bridgehead atoms. The molecule has 0 saturated heterocycles. The molecule has 1 amide bonds. The molecule has 0 aliphatic rings. The second kappa shape index (κ2) is 7.94. The molecule has 0 atom stereocenters. The second-order valence-electron chi connectivity index (χ2n) is 5.13. The normalized spacial score (nSPS) is 11.0. The van der Waals surface area contributed by atoms with Crippen molar-refractivity contribution in [3.05, 3.63) is 18.2 Å². The van der Waals surface area contributed by atoms with Crippen molar-refractivity contribution in [3.8, 4) is 0 Å². The first-order chi connectivity index (χ1) is 9.06. The number of rotatable bonds is 8. The Morgan fingerprint density at radius 3 is 2.68 bits per heavy atom. The van der Waals surface area contributed by atoms with E-state index in [9.17, 15) is 4.79 Å². The van der Waals surface area contributed by atoms with Gasteiger partial charge < -0.3 is 14.8 Å². The highest BCUT2D eigenvalue weighted by molar-refractivity contribution is 5.75. The maximum atomic E-state index is 11.9. The van der Waals surface area contributed by atoms with Crippen molar-refractivity contribution in [2.24, 2.45) is 5.92 Å². The van der Waals surface area contributed by atoms with E-state index in [4.69, 9.17) is 0 Å². The van der Waals surface area contributed by atoms with Gasteiger partial charge in [0.25, 0.3) is 0 Å². The van der Waals surface area contributed by atoms with Gasteiger partial charge in [-0.2, -0.15) is 0 Å². The summed E-state index contributed by atoms with van der Waals surface area (Å²) >= 11 is 0. The van der Waals surface area contributed by atoms with Crippen LogP contribution in [0.15, 0.2) is 12.5 Å². The third-order valence-electron chi connectivity index (χ3n) is 2.98. The summed E-state index contributed by atoms with van der Waals surface area (Å²) in [6.07, 6.45) is 3.67. The third-order valence-corrected chi connectivity index (χ3v) is 2.98. The molecule has 0 aromatic carbocycles. The van der Waals surface area contributed by atoms with E-state index in [0.717, 1.165) is 31.9 Å². The number of nitrogens with zero attached hydrogens (tertiary/aromatic N) is 3. The van der Waals surface area contributed by atoms with Crippen molar-refractivity contribution in [1.82, 2.24) is 19.8 Å².